The van der Waals surface area contributed by atoms with Crippen LogP contribution in [0.1, 0.15) is 30.3 Å². The normalized spacial score (nSPS) is 17.3. The lowest BCUT2D eigenvalue weighted by molar-refractivity contribution is -0.616. The Bertz CT molecular complexity index is 745. The number of thiophene rings is 1. The van der Waals surface area contributed by atoms with E-state index >= 15 is 0 Å². The van der Waals surface area contributed by atoms with Gasteiger partial charge in [-0.1, -0.05) is 6.07 Å². The molecule has 3 aromatic heterocycles. The minimum absolute atomic E-state index is 0.370. The van der Waals surface area contributed by atoms with E-state index in [0.29, 0.717) is 5.92 Å². The minimum Gasteiger partial charge on any atom is -0.618 e. The molecule has 0 radical (unpaired) electrons. The first-order valence-electron chi connectivity index (χ1n) is 7.61. The number of pyridine rings is 1. The summed E-state index contributed by atoms with van der Waals surface area (Å²) in [5, 5.41) is 16.0. The Morgan fingerprint density at radius 3 is 2.95 bits per heavy atom. The van der Waals surface area contributed by atoms with Crippen molar-refractivity contribution >= 4 is 22.4 Å². The van der Waals surface area contributed by atoms with E-state index in [0.717, 1.165) is 59.8 Å². The van der Waals surface area contributed by atoms with E-state index in [1.165, 1.54) is 0 Å². The molecule has 6 heteroatoms. The lowest BCUT2D eigenvalue weighted by Crippen LogP contribution is -2.38. The van der Waals surface area contributed by atoms with Crippen molar-refractivity contribution < 1.29 is 4.73 Å². The summed E-state index contributed by atoms with van der Waals surface area (Å²) in [7, 11) is 0. The molecule has 0 aliphatic carbocycles. The van der Waals surface area contributed by atoms with E-state index < -0.39 is 0 Å². The van der Waals surface area contributed by atoms with Gasteiger partial charge in [0, 0.05) is 28.8 Å². The molecule has 4 rings (SSSR count). The molecule has 0 bridgehead atoms. The molecule has 0 aromatic carbocycles. The first kappa shape index (κ1) is 13.7. The topological polar surface area (TPSA) is 58.9 Å². The van der Waals surface area contributed by atoms with Crippen LogP contribution in [0.15, 0.2) is 35.2 Å². The second kappa shape index (κ2) is 5.70. The van der Waals surface area contributed by atoms with Crippen molar-refractivity contribution in [2.24, 2.45) is 0 Å². The van der Waals surface area contributed by atoms with Crippen LogP contribution >= 0.6 is 11.3 Å². The van der Waals surface area contributed by atoms with Gasteiger partial charge < -0.3 is 10.2 Å². The molecule has 1 N–H and O–H groups in total. The molecule has 1 saturated heterocycles. The van der Waals surface area contributed by atoms with Gasteiger partial charge in [-0.05, 0) is 25.9 Å². The van der Waals surface area contributed by atoms with E-state index in [1.807, 2.05) is 12.1 Å². The average Bonchev–Trinajstić information content (AvgIpc) is 3.10. The highest BCUT2D eigenvalue weighted by Gasteiger charge is 2.25. The van der Waals surface area contributed by atoms with E-state index in [-0.39, 0.29) is 0 Å². The van der Waals surface area contributed by atoms with Crippen molar-refractivity contribution in [2.75, 3.05) is 13.1 Å². The van der Waals surface area contributed by atoms with Crippen molar-refractivity contribution in [3.63, 3.8) is 0 Å². The van der Waals surface area contributed by atoms with Gasteiger partial charge in [0.25, 0.3) is 0 Å². The number of piperidine rings is 1. The van der Waals surface area contributed by atoms with Crippen LogP contribution in [0.3, 0.4) is 0 Å². The first-order chi connectivity index (χ1) is 10.8. The van der Waals surface area contributed by atoms with Gasteiger partial charge in [-0.2, -0.15) is 4.73 Å². The monoisotopic (exact) mass is 314 g/mol. The molecule has 1 fully saturated rings. The number of imidazole rings is 1. The predicted molar refractivity (Wildman–Crippen MR) is 86.6 cm³/mol. The van der Waals surface area contributed by atoms with Gasteiger partial charge in [-0.15, -0.1) is 11.3 Å². The van der Waals surface area contributed by atoms with E-state index in [1.54, 1.807) is 23.6 Å². The molecular weight excluding hydrogens is 296 g/mol. The summed E-state index contributed by atoms with van der Waals surface area (Å²) >= 11 is 1.67. The summed E-state index contributed by atoms with van der Waals surface area (Å²) in [6, 6.07) is 5.69. The minimum atomic E-state index is 0.370. The molecule has 3 aromatic rings. The van der Waals surface area contributed by atoms with E-state index in [9.17, 15) is 5.21 Å². The molecule has 1 aliphatic heterocycles. The fraction of sp³-hybridized carbons (Fsp3) is 0.375. The molecule has 4 heterocycles. The number of H-pyrrole nitrogens is 1. The highest BCUT2D eigenvalue weighted by molar-refractivity contribution is 7.09. The summed E-state index contributed by atoms with van der Waals surface area (Å²) in [5.74, 6) is 1.41. The number of rotatable bonds is 3. The Kier molecular flexibility index (Phi) is 3.56. The van der Waals surface area contributed by atoms with Crippen LogP contribution in [0.25, 0.3) is 11.0 Å². The summed E-state index contributed by atoms with van der Waals surface area (Å²) in [6.07, 6.45) is 3.65. The largest absolute Gasteiger partial charge is 0.618 e. The van der Waals surface area contributed by atoms with Crippen molar-refractivity contribution in [1.29, 1.82) is 0 Å². The Hall–Kier alpha value is -1.92. The number of aromatic amines is 1. The second-order valence-corrected chi connectivity index (χ2v) is 6.60. The molecule has 0 saturated carbocycles. The molecule has 5 nitrogen and oxygen atoms in total. The van der Waals surface area contributed by atoms with Crippen LogP contribution in [0.4, 0.5) is 0 Å². The van der Waals surface area contributed by atoms with Gasteiger partial charge in [0.15, 0.2) is 11.9 Å². The zero-order valence-corrected chi connectivity index (χ0v) is 13.1. The third-order valence-corrected chi connectivity index (χ3v) is 5.14. The zero-order chi connectivity index (χ0) is 14.9. The predicted octanol–water partition coefficient (Wildman–Crippen LogP) is 2.64. The Labute approximate surface area is 132 Å². The molecule has 0 amide bonds. The Balaban J connectivity index is 1.39. The molecule has 0 atom stereocenters. The molecule has 0 spiro atoms. The number of nitrogens with zero attached hydrogens (tertiary/aromatic N) is 3. The van der Waals surface area contributed by atoms with Gasteiger partial charge in [-0.25, -0.2) is 4.98 Å². The maximum absolute atomic E-state index is 11.8. The number of aromatic nitrogens is 3. The lowest BCUT2D eigenvalue weighted by atomic mass is 9.93. The van der Waals surface area contributed by atoms with Crippen LogP contribution in [-0.4, -0.2) is 28.0 Å². The highest BCUT2D eigenvalue weighted by atomic mass is 32.1. The third kappa shape index (κ3) is 2.60. The Morgan fingerprint density at radius 2 is 2.18 bits per heavy atom. The molecule has 114 valence electrons. The molecule has 22 heavy (non-hydrogen) atoms. The molecule has 0 unspecified atom stereocenters. The molecular formula is C16H18N4OS. The number of nitrogens with one attached hydrogen (secondary N) is 1. The van der Waals surface area contributed by atoms with Crippen molar-refractivity contribution in [2.45, 2.75) is 25.3 Å². The lowest BCUT2D eigenvalue weighted by Gasteiger charge is -2.30. The van der Waals surface area contributed by atoms with Gasteiger partial charge in [0.05, 0.1) is 17.6 Å². The van der Waals surface area contributed by atoms with Crippen LogP contribution in [-0.2, 0) is 6.54 Å². The number of hydrogen-bond acceptors (Lipinski definition) is 4. The summed E-state index contributed by atoms with van der Waals surface area (Å²) < 4.78 is 1.01. The van der Waals surface area contributed by atoms with Gasteiger partial charge in [0.2, 0.25) is 0 Å². The average molecular weight is 314 g/mol. The highest BCUT2D eigenvalue weighted by Crippen LogP contribution is 2.26. The van der Waals surface area contributed by atoms with Crippen molar-refractivity contribution in [3.8, 4) is 0 Å². The number of hydrogen-bond donors (Lipinski definition) is 1. The number of fused-ring (bicyclic) bond motifs is 1. The van der Waals surface area contributed by atoms with Gasteiger partial charge in [0.1, 0.15) is 5.82 Å². The van der Waals surface area contributed by atoms with Crippen molar-refractivity contribution in [1.82, 2.24) is 14.9 Å². The fourth-order valence-electron chi connectivity index (χ4n) is 3.23. The zero-order valence-electron chi connectivity index (χ0n) is 12.2. The summed E-state index contributed by atoms with van der Waals surface area (Å²) in [5.41, 5.74) is 3.10. The van der Waals surface area contributed by atoms with Gasteiger partial charge >= 0.3 is 0 Å². The van der Waals surface area contributed by atoms with Crippen molar-refractivity contribution in [3.05, 3.63) is 51.9 Å². The summed E-state index contributed by atoms with van der Waals surface area (Å²) in [6.45, 7) is 2.87. The van der Waals surface area contributed by atoms with E-state index in [4.69, 9.17) is 0 Å². The second-order valence-electron chi connectivity index (χ2n) is 5.86. The fourth-order valence-corrected chi connectivity index (χ4v) is 3.92. The Morgan fingerprint density at radius 1 is 1.32 bits per heavy atom. The molecule has 1 aliphatic rings. The first-order valence-corrected chi connectivity index (χ1v) is 8.55. The number of likely N-dealkylation sites (tertiary alicyclic amines) is 1. The van der Waals surface area contributed by atoms with Crippen LogP contribution in [0.2, 0.25) is 0 Å². The maximum Gasteiger partial charge on any atom is 0.195 e. The van der Waals surface area contributed by atoms with Crippen LogP contribution in [0.5, 0.6) is 0 Å². The quantitative estimate of drug-likeness (QED) is 0.597. The summed E-state index contributed by atoms with van der Waals surface area (Å²) in [4.78, 5) is 10.4. The SMILES string of the molecule is [O-][n+]1ccccc1C1CCN(Cc2nc3cscc3[nH]2)CC1. The van der Waals surface area contributed by atoms with E-state index in [2.05, 4.69) is 25.6 Å². The smallest absolute Gasteiger partial charge is 0.195 e. The maximum atomic E-state index is 11.8. The third-order valence-electron chi connectivity index (χ3n) is 4.41. The van der Waals surface area contributed by atoms with Gasteiger partial charge in [-0.3, -0.25) is 4.90 Å². The standard InChI is InChI=1S/C16H18N4OS/c21-20-6-2-1-3-15(20)12-4-7-19(8-5-12)9-16-17-13-10-22-11-14(13)18-16/h1-3,6,10-12H,4-5,7-9H2,(H,17,18). The van der Waals surface area contributed by atoms with Crippen LogP contribution < -0.4 is 4.73 Å². The van der Waals surface area contributed by atoms with Crippen LogP contribution in [0, 0.1) is 5.21 Å².